The molecule has 0 bridgehead atoms. The summed E-state index contributed by atoms with van der Waals surface area (Å²) in [7, 11) is 0. The summed E-state index contributed by atoms with van der Waals surface area (Å²) in [6.07, 6.45) is 9.44. The number of rotatable bonds is 8. The molecular weight excluding hydrogens is 524 g/mol. The van der Waals surface area contributed by atoms with Gasteiger partial charge in [-0.1, -0.05) is 36.1 Å². The van der Waals surface area contributed by atoms with Crippen LogP contribution in [0.4, 0.5) is 5.82 Å². The maximum absolute atomic E-state index is 13.5. The second-order valence-corrected chi connectivity index (χ2v) is 10.3. The fraction of sp³-hybridized carbons (Fsp3) is 0.192. The number of aromatic nitrogens is 4. The Morgan fingerprint density at radius 3 is 2.89 bits per heavy atom. The molecule has 1 N–H and O–H groups in total. The largest absolute Gasteiger partial charge is 0.454 e. The van der Waals surface area contributed by atoms with Gasteiger partial charge >= 0.3 is 0 Å². The van der Waals surface area contributed by atoms with Gasteiger partial charge in [-0.15, -0.1) is 0 Å². The Bertz CT molecular complexity index is 1630. The van der Waals surface area contributed by atoms with Crippen LogP contribution >= 0.6 is 24.0 Å². The van der Waals surface area contributed by atoms with E-state index in [-0.39, 0.29) is 24.8 Å². The molecule has 0 unspecified atom stereocenters. The molecule has 0 spiro atoms. The van der Waals surface area contributed by atoms with Crippen molar-refractivity contribution >= 4 is 51.7 Å². The van der Waals surface area contributed by atoms with Crippen molar-refractivity contribution < 1.29 is 14.3 Å². The van der Waals surface area contributed by atoms with Crippen molar-refractivity contribution in [1.29, 1.82) is 0 Å². The van der Waals surface area contributed by atoms with Gasteiger partial charge in [-0.3, -0.25) is 18.9 Å². The van der Waals surface area contributed by atoms with Crippen LogP contribution in [0.3, 0.4) is 0 Å². The fourth-order valence-electron chi connectivity index (χ4n) is 4.24. The summed E-state index contributed by atoms with van der Waals surface area (Å²) in [4.78, 5) is 37.4. The van der Waals surface area contributed by atoms with Gasteiger partial charge in [0.1, 0.15) is 15.8 Å². The predicted molar refractivity (Wildman–Crippen MR) is 148 cm³/mol. The van der Waals surface area contributed by atoms with E-state index in [2.05, 4.69) is 15.3 Å². The van der Waals surface area contributed by atoms with Gasteiger partial charge in [-0.05, 0) is 42.3 Å². The molecule has 1 saturated heterocycles. The first-order valence-electron chi connectivity index (χ1n) is 11.9. The molecule has 0 aliphatic carbocycles. The van der Waals surface area contributed by atoms with Crippen molar-refractivity contribution in [3.8, 4) is 11.5 Å². The van der Waals surface area contributed by atoms with Crippen molar-refractivity contribution in [2.45, 2.75) is 19.5 Å². The zero-order valence-electron chi connectivity index (χ0n) is 20.1. The van der Waals surface area contributed by atoms with Crippen molar-refractivity contribution in [3.05, 3.63) is 87.7 Å². The second kappa shape index (κ2) is 10.3. The molecule has 2 aliphatic rings. The van der Waals surface area contributed by atoms with Crippen molar-refractivity contribution in [2.75, 3.05) is 18.7 Å². The summed E-state index contributed by atoms with van der Waals surface area (Å²) in [6.45, 7) is 1.82. The number of amides is 1. The van der Waals surface area contributed by atoms with Crippen LogP contribution in [0.25, 0.3) is 11.7 Å². The number of benzene rings is 1. The lowest BCUT2D eigenvalue weighted by atomic mass is 10.2. The first-order chi connectivity index (χ1) is 18.6. The molecule has 3 aromatic heterocycles. The molecule has 10 nitrogen and oxygen atoms in total. The number of nitrogens with zero attached hydrogens (tertiary/aromatic N) is 5. The molecule has 1 fully saturated rings. The van der Waals surface area contributed by atoms with E-state index in [0.29, 0.717) is 44.3 Å². The van der Waals surface area contributed by atoms with Gasteiger partial charge in [0.2, 0.25) is 6.79 Å². The molecule has 0 atom stereocenters. The first kappa shape index (κ1) is 24.2. The minimum atomic E-state index is -0.270. The van der Waals surface area contributed by atoms with Crippen LogP contribution in [0.1, 0.15) is 17.5 Å². The summed E-state index contributed by atoms with van der Waals surface area (Å²) in [5.41, 5.74) is 1.41. The molecule has 38 heavy (non-hydrogen) atoms. The molecule has 0 saturated carbocycles. The minimum absolute atomic E-state index is 0.178. The summed E-state index contributed by atoms with van der Waals surface area (Å²) in [5.74, 6) is 1.48. The van der Waals surface area contributed by atoms with E-state index in [1.165, 1.54) is 21.1 Å². The topological polar surface area (TPSA) is 103 Å². The lowest BCUT2D eigenvalue weighted by Crippen LogP contribution is -2.27. The third-order valence-electron chi connectivity index (χ3n) is 6.14. The van der Waals surface area contributed by atoms with Crippen LogP contribution < -0.4 is 20.3 Å². The third kappa shape index (κ3) is 4.75. The predicted octanol–water partition coefficient (Wildman–Crippen LogP) is 3.52. The number of hydrogen-bond donors (Lipinski definition) is 1. The molecule has 1 aromatic carbocycles. The van der Waals surface area contributed by atoms with Gasteiger partial charge in [0.15, 0.2) is 11.5 Å². The monoisotopic (exact) mass is 546 g/mol. The highest BCUT2D eigenvalue weighted by Gasteiger charge is 2.33. The van der Waals surface area contributed by atoms with Gasteiger partial charge in [0.05, 0.1) is 23.3 Å². The molecule has 5 heterocycles. The Morgan fingerprint density at radius 2 is 2.03 bits per heavy atom. The first-order valence-corrected chi connectivity index (χ1v) is 13.1. The van der Waals surface area contributed by atoms with Crippen molar-refractivity contribution in [1.82, 2.24) is 23.8 Å². The number of pyridine rings is 1. The number of aryl methyl sites for hydroxylation is 1. The number of carbonyl (C=O) groups excluding carboxylic acids is 1. The molecular formula is C26H22N6O4S2. The summed E-state index contributed by atoms with van der Waals surface area (Å²) < 4.78 is 14.7. The maximum atomic E-state index is 13.5. The summed E-state index contributed by atoms with van der Waals surface area (Å²) >= 11 is 6.70. The molecule has 192 valence electrons. The highest BCUT2D eigenvalue weighted by Crippen LogP contribution is 2.36. The molecule has 0 radical (unpaired) electrons. The Balaban J connectivity index is 1.27. The zero-order chi connectivity index (χ0) is 26.1. The van der Waals surface area contributed by atoms with Crippen molar-refractivity contribution in [2.24, 2.45) is 0 Å². The quantitative estimate of drug-likeness (QED) is 0.202. The Morgan fingerprint density at radius 1 is 1.13 bits per heavy atom. The fourth-order valence-corrected chi connectivity index (χ4v) is 5.48. The van der Waals surface area contributed by atoms with Gasteiger partial charge in [0, 0.05) is 31.7 Å². The molecule has 2 aliphatic heterocycles. The van der Waals surface area contributed by atoms with Gasteiger partial charge in [-0.25, -0.2) is 9.97 Å². The summed E-state index contributed by atoms with van der Waals surface area (Å²) in [6, 6.07) is 10.9. The molecule has 4 aromatic rings. The highest BCUT2D eigenvalue weighted by molar-refractivity contribution is 8.26. The van der Waals surface area contributed by atoms with Gasteiger partial charge < -0.3 is 19.4 Å². The van der Waals surface area contributed by atoms with E-state index in [0.717, 1.165) is 18.5 Å². The average Bonchev–Trinajstić information content (AvgIpc) is 3.67. The van der Waals surface area contributed by atoms with Crippen LogP contribution in [0.15, 0.2) is 71.0 Å². The van der Waals surface area contributed by atoms with Crippen LogP contribution in [0.5, 0.6) is 11.5 Å². The SMILES string of the molecule is O=C1/C(=C\c2c(NCCCn3ccnc3)nc3ccccn3c2=O)SC(=S)N1Cc1ccc2c(c1)OCO2. The number of carbonyl (C=O) groups is 1. The Hall–Kier alpha value is -4.16. The second-order valence-electron chi connectivity index (χ2n) is 8.64. The third-order valence-corrected chi connectivity index (χ3v) is 7.52. The number of anilines is 1. The summed E-state index contributed by atoms with van der Waals surface area (Å²) in [5, 5.41) is 3.29. The maximum Gasteiger partial charge on any atom is 0.267 e. The van der Waals surface area contributed by atoms with E-state index in [4.69, 9.17) is 21.7 Å². The molecule has 6 rings (SSSR count). The number of hydrogen-bond acceptors (Lipinski definition) is 9. The lowest BCUT2D eigenvalue weighted by molar-refractivity contribution is -0.122. The normalized spacial score (nSPS) is 15.7. The van der Waals surface area contributed by atoms with Gasteiger partial charge in [-0.2, -0.15) is 0 Å². The van der Waals surface area contributed by atoms with E-state index >= 15 is 0 Å². The highest BCUT2D eigenvalue weighted by atomic mass is 32.2. The molecule has 1 amide bonds. The van der Waals surface area contributed by atoms with E-state index in [1.54, 1.807) is 36.9 Å². The number of thioether (sulfide) groups is 1. The Labute approximate surface area is 226 Å². The average molecular weight is 547 g/mol. The van der Waals surface area contributed by atoms with Crippen LogP contribution in [-0.2, 0) is 17.9 Å². The van der Waals surface area contributed by atoms with Gasteiger partial charge in [0.25, 0.3) is 11.5 Å². The van der Waals surface area contributed by atoms with E-state index in [1.807, 2.05) is 35.0 Å². The Kier molecular flexibility index (Phi) is 6.56. The number of ether oxygens (including phenoxy) is 2. The standard InChI is InChI=1S/C26H22N6O4S2/c33-24-18(23(29-22-4-1-2-10-31(22)24)28-7-3-9-30-11-8-27-15-30)13-21-25(34)32(26(37)38-21)14-17-5-6-19-20(12-17)36-16-35-19/h1-2,4-6,8,10-13,15,28H,3,7,9,14,16H2/b21-13+. The lowest BCUT2D eigenvalue weighted by Gasteiger charge is -2.15. The van der Waals surface area contributed by atoms with E-state index < -0.39 is 0 Å². The molecule has 12 heteroatoms. The zero-order valence-corrected chi connectivity index (χ0v) is 21.7. The number of fused-ring (bicyclic) bond motifs is 2. The van der Waals surface area contributed by atoms with Crippen LogP contribution in [0.2, 0.25) is 0 Å². The van der Waals surface area contributed by atoms with Crippen LogP contribution in [0, 0.1) is 0 Å². The smallest absolute Gasteiger partial charge is 0.267 e. The van der Waals surface area contributed by atoms with Crippen molar-refractivity contribution in [3.63, 3.8) is 0 Å². The van der Waals surface area contributed by atoms with E-state index in [9.17, 15) is 9.59 Å². The van der Waals surface area contributed by atoms with Crippen LogP contribution in [-0.4, -0.2) is 47.4 Å². The number of imidazole rings is 1. The minimum Gasteiger partial charge on any atom is -0.454 e. The number of thiocarbonyl (C=S) groups is 1. The number of nitrogens with one attached hydrogen (secondary N) is 1.